The number of alkyl halides is 2. The third-order valence-electron chi connectivity index (χ3n) is 1.57. The summed E-state index contributed by atoms with van der Waals surface area (Å²) in [5.74, 6) is -5.56. The fourth-order valence-corrected chi connectivity index (χ4v) is 1.02. The zero-order chi connectivity index (χ0) is 10.1. The van der Waals surface area contributed by atoms with Crippen LogP contribution in [0.2, 0.25) is 0 Å². The van der Waals surface area contributed by atoms with Crippen molar-refractivity contribution in [3.05, 3.63) is 23.7 Å². The van der Waals surface area contributed by atoms with E-state index in [1.807, 2.05) is 0 Å². The van der Waals surface area contributed by atoms with E-state index in [0.29, 0.717) is 0 Å². The standard InChI is InChI=1S/C8H8F2O3/c1-5-2-3-13-7(5)8(9,10)4-6(11)12/h2-3H,4H2,1H3,(H,11,12). The number of hydrogen-bond donors (Lipinski definition) is 1. The quantitative estimate of drug-likeness (QED) is 0.794. The molecule has 1 aromatic rings. The third-order valence-corrected chi connectivity index (χ3v) is 1.57. The molecule has 0 spiro atoms. The van der Waals surface area contributed by atoms with Crippen LogP contribution in [-0.4, -0.2) is 11.1 Å². The third kappa shape index (κ3) is 2.05. The van der Waals surface area contributed by atoms with Crippen LogP contribution in [0.5, 0.6) is 0 Å². The first-order chi connectivity index (χ1) is 5.93. The Morgan fingerprint density at radius 1 is 1.69 bits per heavy atom. The SMILES string of the molecule is Cc1ccoc1C(F)(F)CC(=O)O. The molecule has 1 aromatic heterocycles. The van der Waals surface area contributed by atoms with Gasteiger partial charge in [0, 0.05) is 0 Å². The van der Waals surface area contributed by atoms with E-state index in [-0.39, 0.29) is 5.56 Å². The number of carboxylic acids is 1. The van der Waals surface area contributed by atoms with Crippen LogP contribution in [-0.2, 0) is 10.7 Å². The summed E-state index contributed by atoms with van der Waals surface area (Å²) in [7, 11) is 0. The van der Waals surface area contributed by atoms with Crippen molar-refractivity contribution in [3.63, 3.8) is 0 Å². The van der Waals surface area contributed by atoms with Gasteiger partial charge in [0.25, 0.3) is 0 Å². The van der Waals surface area contributed by atoms with Crippen LogP contribution in [0.25, 0.3) is 0 Å². The molecule has 0 saturated heterocycles. The van der Waals surface area contributed by atoms with Gasteiger partial charge in [-0.15, -0.1) is 0 Å². The highest BCUT2D eigenvalue weighted by Crippen LogP contribution is 2.34. The van der Waals surface area contributed by atoms with Crippen molar-refractivity contribution in [3.8, 4) is 0 Å². The zero-order valence-electron chi connectivity index (χ0n) is 6.88. The summed E-state index contributed by atoms with van der Waals surface area (Å²) >= 11 is 0. The van der Waals surface area contributed by atoms with Crippen LogP contribution in [0.4, 0.5) is 8.78 Å². The molecular weight excluding hydrogens is 182 g/mol. The predicted octanol–water partition coefficient (Wildman–Crippen LogP) is 2.15. The normalized spacial score (nSPS) is 11.6. The summed E-state index contributed by atoms with van der Waals surface area (Å²) in [6.07, 6.45) is -0.137. The van der Waals surface area contributed by atoms with Gasteiger partial charge in [-0.1, -0.05) is 0 Å². The Balaban J connectivity index is 2.93. The van der Waals surface area contributed by atoms with Gasteiger partial charge in [0.2, 0.25) is 0 Å². The topological polar surface area (TPSA) is 50.4 Å². The summed E-state index contributed by atoms with van der Waals surface area (Å²) in [5.41, 5.74) is 0.256. The maximum Gasteiger partial charge on any atom is 0.315 e. The van der Waals surface area contributed by atoms with Gasteiger partial charge in [0.15, 0.2) is 5.76 Å². The fourth-order valence-electron chi connectivity index (χ4n) is 1.02. The first-order valence-electron chi connectivity index (χ1n) is 3.57. The Hall–Kier alpha value is -1.39. The highest BCUT2D eigenvalue weighted by atomic mass is 19.3. The monoisotopic (exact) mass is 190 g/mol. The minimum atomic E-state index is -3.43. The van der Waals surface area contributed by atoms with Gasteiger partial charge in [0.1, 0.15) is 6.42 Å². The number of aryl methyl sites for hydroxylation is 1. The molecule has 0 atom stereocenters. The van der Waals surface area contributed by atoms with Gasteiger partial charge in [-0.3, -0.25) is 4.79 Å². The number of rotatable bonds is 3. The van der Waals surface area contributed by atoms with E-state index >= 15 is 0 Å². The van der Waals surface area contributed by atoms with Crippen molar-refractivity contribution in [2.45, 2.75) is 19.3 Å². The van der Waals surface area contributed by atoms with E-state index in [0.717, 1.165) is 6.26 Å². The summed E-state index contributed by atoms with van der Waals surface area (Å²) < 4.78 is 30.6. The molecule has 0 bridgehead atoms. The molecule has 0 aliphatic rings. The van der Waals surface area contributed by atoms with Gasteiger partial charge < -0.3 is 9.52 Å². The van der Waals surface area contributed by atoms with Crippen LogP contribution in [0.1, 0.15) is 17.7 Å². The maximum atomic E-state index is 13.0. The number of hydrogen-bond acceptors (Lipinski definition) is 2. The number of halogens is 2. The molecule has 1 N–H and O–H groups in total. The smallest absolute Gasteiger partial charge is 0.315 e. The van der Waals surface area contributed by atoms with Crippen LogP contribution in [0, 0.1) is 6.92 Å². The number of carbonyl (C=O) groups is 1. The lowest BCUT2D eigenvalue weighted by Gasteiger charge is -2.11. The van der Waals surface area contributed by atoms with E-state index in [4.69, 9.17) is 5.11 Å². The molecular formula is C8H8F2O3. The number of aliphatic carboxylic acids is 1. The van der Waals surface area contributed by atoms with Crippen LogP contribution < -0.4 is 0 Å². The van der Waals surface area contributed by atoms with Gasteiger partial charge in [-0.05, 0) is 18.6 Å². The van der Waals surface area contributed by atoms with Crippen LogP contribution in [0.15, 0.2) is 16.7 Å². The van der Waals surface area contributed by atoms with Crippen LogP contribution >= 0.6 is 0 Å². The van der Waals surface area contributed by atoms with E-state index in [2.05, 4.69) is 4.42 Å². The van der Waals surface area contributed by atoms with Crippen molar-refractivity contribution in [2.75, 3.05) is 0 Å². The number of furan rings is 1. The van der Waals surface area contributed by atoms with Crippen molar-refractivity contribution < 1.29 is 23.1 Å². The van der Waals surface area contributed by atoms with Gasteiger partial charge in [0.05, 0.1) is 6.26 Å². The van der Waals surface area contributed by atoms with Crippen molar-refractivity contribution in [1.29, 1.82) is 0 Å². The predicted molar refractivity (Wildman–Crippen MR) is 39.6 cm³/mol. The minimum Gasteiger partial charge on any atom is -0.481 e. The van der Waals surface area contributed by atoms with Crippen molar-refractivity contribution in [1.82, 2.24) is 0 Å². The second-order valence-corrected chi connectivity index (χ2v) is 2.71. The molecule has 0 aromatic carbocycles. The molecule has 0 saturated carbocycles. The molecule has 1 rings (SSSR count). The summed E-state index contributed by atoms with van der Waals surface area (Å²) in [5, 5.41) is 8.22. The first-order valence-corrected chi connectivity index (χ1v) is 3.57. The Morgan fingerprint density at radius 3 is 2.69 bits per heavy atom. The molecule has 13 heavy (non-hydrogen) atoms. The van der Waals surface area contributed by atoms with Crippen molar-refractivity contribution >= 4 is 5.97 Å². The van der Waals surface area contributed by atoms with E-state index in [1.54, 1.807) is 0 Å². The summed E-state index contributed by atoms with van der Waals surface area (Å²) in [6.45, 7) is 1.44. The molecule has 0 amide bonds. The molecule has 0 aliphatic carbocycles. The molecule has 0 aliphatic heterocycles. The van der Waals surface area contributed by atoms with Gasteiger partial charge in [-0.25, -0.2) is 0 Å². The molecule has 3 nitrogen and oxygen atoms in total. The maximum absolute atomic E-state index is 13.0. The van der Waals surface area contributed by atoms with E-state index in [1.165, 1.54) is 13.0 Å². The fraction of sp³-hybridized carbons (Fsp3) is 0.375. The molecule has 0 fully saturated rings. The van der Waals surface area contributed by atoms with Crippen molar-refractivity contribution in [2.24, 2.45) is 0 Å². The number of carboxylic acid groups (broad SMARTS) is 1. The molecule has 0 radical (unpaired) electrons. The molecule has 0 unspecified atom stereocenters. The van der Waals surface area contributed by atoms with Gasteiger partial charge >= 0.3 is 11.9 Å². The Bertz CT molecular complexity index is 317. The second kappa shape index (κ2) is 3.16. The Morgan fingerprint density at radius 2 is 2.31 bits per heavy atom. The van der Waals surface area contributed by atoms with Gasteiger partial charge in [-0.2, -0.15) is 8.78 Å². The average Bonchev–Trinajstić information content (AvgIpc) is 2.32. The van der Waals surface area contributed by atoms with E-state index < -0.39 is 24.1 Å². The lowest BCUT2D eigenvalue weighted by Crippen LogP contribution is -2.18. The largest absolute Gasteiger partial charge is 0.481 e. The summed E-state index contributed by atoms with van der Waals surface area (Å²) in [4.78, 5) is 10.1. The molecule has 72 valence electrons. The highest BCUT2D eigenvalue weighted by molar-refractivity contribution is 5.68. The zero-order valence-corrected chi connectivity index (χ0v) is 6.88. The second-order valence-electron chi connectivity index (χ2n) is 2.71. The van der Waals surface area contributed by atoms with E-state index in [9.17, 15) is 13.6 Å². The summed E-state index contributed by atoms with van der Waals surface area (Å²) in [6, 6.07) is 1.37. The minimum absolute atomic E-state index is 0.256. The Labute approximate surface area is 73.0 Å². The average molecular weight is 190 g/mol. The lowest BCUT2D eigenvalue weighted by molar-refractivity contribution is -0.146. The molecule has 1 heterocycles. The van der Waals surface area contributed by atoms with Crippen LogP contribution in [0.3, 0.4) is 0 Å². The highest BCUT2D eigenvalue weighted by Gasteiger charge is 2.39. The first kappa shape index (κ1) is 9.70. The molecule has 5 heteroatoms. The lowest BCUT2D eigenvalue weighted by atomic mass is 10.1. The Kier molecular flexibility index (Phi) is 2.36.